The number of rotatable bonds is 14. The van der Waals surface area contributed by atoms with Crippen molar-refractivity contribution in [2.45, 2.75) is 50.9 Å². The Hall–Kier alpha value is -3.95. The normalized spacial score (nSPS) is 12.3. The third-order valence-corrected chi connectivity index (χ3v) is 8.13. The number of nitrogens with two attached hydrogens (primary N) is 1. The van der Waals surface area contributed by atoms with Crippen molar-refractivity contribution >= 4 is 40.6 Å². The quantitative estimate of drug-likeness (QED) is 0.192. The van der Waals surface area contributed by atoms with Crippen LogP contribution >= 0.6 is 22.7 Å². The number of hydrogen-bond donors (Lipinski definition) is 2. The molecule has 40 heavy (non-hydrogen) atoms. The molecule has 2 heterocycles. The van der Waals surface area contributed by atoms with Crippen molar-refractivity contribution in [1.82, 2.24) is 10.2 Å². The summed E-state index contributed by atoms with van der Waals surface area (Å²) in [7, 11) is 0. The number of nitrogens with one attached hydrogen (secondary N) is 1. The molecule has 7 nitrogen and oxygen atoms in total. The van der Waals surface area contributed by atoms with Crippen molar-refractivity contribution in [2.75, 3.05) is 0 Å². The number of carbonyl (C=O) groups is 3. The smallest absolute Gasteiger partial charge is 0.404 e. The van der Waals surface area contributed by atoms with Gasteiger partial charge in [-0.25, -0.2) is 4.79 Å². The van der Waals surface area contributed by atoms with E-state index < -0.39 is 18.2 Å². The van der Waals surface area contributed by atoms with Crippen molar-refractivity contribution in [3.8, 4) is 0 Å². The summed E-state index contributed by atoms with van der Waals surface area (Å²) in [5.41, 5.74) is 6.86. The van der Waals surface area contributed by atoms with Crippen LogP contribution in [0.3, 0.4) is 0 Å². The van der Waals surface area contributed by atoms with Crippen molar-refractivity contribution in [1.29, 1.82) is 0 Å². The molecule has 2 atom stereocenters. The first-order chi connectivity index (χ1) is 19.5. The number of nitrogens with zero attached hydrogens (tertiary/aromatic N) is 1. The standard InChI is InChI=1S/C31H33N3O4S2/c32-31(37)38-25(20-23-10-3-1-4-11-23)14-7-17-28(33-29(35)24-12-5-2-6-13-24)30(36)34(21-26-15-8-18-39-26)22-27-16-9-19-40-27/h1-6,8-13,15-16,18-19,25,28H,7,14,17,20-22H2,(H2,32,37)(H,33,35)/t25?,28-/m0/s1. The number of ether oxygens (including phenoxy) is 1. The molecular weight excluding hydrogens is 542 g/mol. The summed E-state index contributed by atoms with van der Waals surface area (Å²) >= 11 is 3.19. The lowest BCUT2D eigenvalue weighted by Crippen LogP contribution is -2.48. The van der Waals surface area contributed by atoms with E-state index in [-0.39, 0.29) is 11.8 Å². The Balaban J connectivity index is 1.50. The Kier molecular flexibility index (Phi) is 10.9. The first kappa shape index (κ1) is 29.0. The number of thiophene rings is 2. The minimum Gasteiger partial charge on any atom is -0.446 e. The molecule has 4 rings (SSSR count). The van der Waals surface area contributed by atoms with Gasteiger partial charge >= 0.3 is 6.09 Å². The highest BCUT2D eigenvalue weighted by Crippen LogP contribution is 2.20. The molecule has 0 aliphatic heterocycles. The fourth-order valence-electron chi connectivity index (χ4n) is 4.50. The number of primary amides is 1. The molecule has 208 valence electrons. The average Bonchev–Trinajstić information content (AvgIpc) is 3.67. The number of amides is 3. The molecule has 0 bridgehead atoms. The van der Waals surface area contributed by atoms with Gasteiger partial charge in [0, 0.05) is 21.7 Å². The predicted molar refractivity (Wildman–Crippen MR) is 159 cm³/mol. The van der Waals surface area contributed by atoms with Gasteiger partial charge < -0.3 is 20.7 Å². The van der Waals surface area contributed by atoms with Crippen LogP contribution in [0.2, 0.25) is 0 Å². The van der Waals surface area contributed by atoms with E-state index in [0.717, 1.165) is 15.3 Å². The highest BCUT2D eigenvalue weighted by atomic mass is 32.1. The SMILES string of the molecule is NC(=O)OC(CCC[C@H](NC(=O)c1ccccc1)C(=O)N(Cc1cccs1)Cc1cccs1)Cc1ccccc1. The second-order valence-electron chi connectivity index (χ2n) is 9.42. The summed E-state index contributed by atoms with van der Waals surface area (Å²) in [6.07, 6.45) is 0.677. The number of hydrogen-bond acceptors (Lipinski definition) is 6. The molecular formula is C31H33N3O4S2. The highest BCUT2D eigenvalue weighted by molar-refractivity contribution is 7.10. The zero-order valence-electron chi connectivity index (χ0n) is 22.1. The van der Waals surface area contributed by atoms with Crippen molar-refractivity contribution < 1.29 is 19.1 Å². The lowest BCUT2D eigenvalue weighted by molar-refractivity contribution is -0.134. The monoisotopic (exact) mass is 575 g/mol. The minimum absolute atomic E-state index is 0.151. The molecule has 0 aliphatic carbocycles. The van der Waals surface area contributed by atoms with Crippen LogP contribution in [0.4, 0.5) is 4.79 Å². The maximum absolute atomic E-state index is 14.0. The van der Waals surface area contributed by atoms with Crippen LogP contribution in [0.25, 0.3) is 0 Å². The van der Waals surface area contributed by atoms with Gasteiger partial charge in [0.05, 0.1) is 13.1 Å². The van der Waals surface area contributed by atoms with Crippen LogP contribution in [-0.4, -0.2) is 35.0 Å². The Bertz CT molecular complexity index is 1290. The number of benzene rings is 2. The molecule has 4 aromatic rings. The zero-order chi connectivity index (χ0) is 28.2. The molecule has 0 fully saturated rings. The van der Waals surface area contributed by atoms with Crippen LogP contribution in [-0.2, 0) is 29.0 Å². The summed E-state index contributed by atoms with van der Waals surface area (Å²) < 4.78 is 5.39. The van der Waals surface area contributed by atoms with Gasteiger partial charge in [-0.2, -0.15) is 0 Å². The fraction of sp³-hybridized carbons (Fsp3) is 0.258. The lowest BCUT2D eigenvalue weighted by atomic mass is 10.0. The van der Waals surface area contributed by atoms with E-state index in [2.05, 4.69) is 5.32 Å². The second-order valence-corrected chi connectivity index (χ2v) is 11.5. The average molecular weight is 576 g/mol. The third kappa shape index (κ3) is 9.07. The molecule has 2 aromatic heterocycles. The molecule has 0 radical (unpaired) electrons. The molecule has 0 saturated carbocycles. The van der Waals surface area contributed by atoms with Gasteiger partial charge in [0.1, 0.15) is 12.1 Å². The Morgan fingerprint density at radius 1 is 0.800 bits per heavy atom. The summed E-state index contributed by atoms with van der Waals surface area (Å²) in [6, 6.07) is 25.8. The van der Waals surface area contributed by atoms with Crippen molar-refractivity contribution in [3.05, 3.63) is 117 Å². The van der Waals surface area contributed by atoms with Crippen LogP contribution in [0, 0.1) is 0 Å². The highest BCUT2D eigenvalue weighted by Gasteiger charge is 2.28. The Labute approximate surface area is 242 Å². The van der Waals surface area contributed by atoms with E-state index in [4.69, 9.17) is 10.5 Å². The minimum atomic E-state index is -0.830. The Morgan fingerprint density at radius 3 is 1.95 bits per heavy atom. The second kappa shape index (κ2) is 15.0. The first-order valence-corrected chi connectivity index (χ1v) is 14.9. The van der Waals surface area contributed by atoms with E-state index in [9.17, 15) is 14.4 Å². The molecule has 9 heteroatoms. The summed E-state index contributed by atoms with van der Waals surface area (Å²) in [5.74, 6) is -0.457. The number of carbonyl (C=O) groups excluding carboxylic acids is 3. The predicted octanol–water partition coefficient (Wildman–Crippen LogP) is 6.01. The molecule has 0 saturated heterocycles. The summed E-state index contributed by atoms with van der Waals surface area (Å²) in [4.78, 5) is 42.7. The van der Waals surface area contributed by atoms with E-state index in [1.54, 1.807) is 51.8 Å². The largest absolute Gasteiger partial charge is 0.446 e. The molecule has 0 aliphatic rings. The fourth-order valence-corrected chi connectivity index (χ4v) is 5.93. The molecule has 3 amide bonds. The van der Waals surface area contributed by atoms with Gasteiger partial charge in [-0.1, -0.05) is 60.7 Å². The van der Waals surface area contributed by atoms with Gasteiger partial charge in [0.15, 0.2) is 0 Å². The third-order valence-electron chi connectivity index (χ3n) is 6.41. The van der Waals surface area contributed by atoms with E-state index in [1.807, 2.05) is 71.4 Å². The van der Waals surface area contributed by atoms with Gasteiger partial charge in [0.2, 0.25) is 5.91 Å². The zero-order valence-corrected chi connectivity index (χ0v) is 23.7. The van der Waals surface area contributed by atoms with Crippen molar-refractivity contribution in [2.24, 2.45) is 5.73 Å². The van der Waals surface area contributed by atoms with Crippen LogP contribution in [0.5, 0.6) is 0 Å². The van der Waals surface area contributed by atoms with Crippen LogP contribution in [0.1, 0.15) is 44.9 Å². The first-order valence-electron chi connectivity index (χ1n) is 13.2. The summed E-state index contributed by atoms with van der Waals surface area (Å²) in [6.45, 7) is 0.904. The Morgan fingerprint density at radius 2 is 1.40 bits per heavy atom. The molecule has 2 aromatic carbocycles. The van der Waals surface area contributed by atoms with Gasteiger partial charge in [0.25, 0.3) is 5.91 Å². The topological polar surface area (TPSA) is 102 Å². The maximum atomic E-state index is 14.0. The van der Waals surface area contributed by atoms with E-state index in [1.165, 1.54) is 0 Å². The molecule has 1 unspecified atom stereocenters. The van der Waals surface area contributed by atoms with Crippen LogP contribution in [0.15, 0.2) is 95.7 Å². The van der Waals surface area contributed by atoms with E-state index >= 15 is 0 Å². The van der Waals surface area contributed by atoms with Gasteiger partial charge in [-0.05, 0) is 59.9 Å². The van der Waals surface area contributed by atoms with Gasteiger partial charge in [-0.3, -0.25) is 9.59 Å². The maximum Gasteiger partial charge on any atom is 0.404 e. The van der Waals surface area contributed by atoms with Crippen LogP contribution < -0.4 is 11.1 Å². The van der Waals surface area contributed by atoms with Gasteiger partial charge in [-0.15, -0.1) is 22.7 Å². The lowest BCUT2D eigenvalue weighted by Gasteiger charge is -2.28. The van der Waals surface area contributed by atoms with Crippen molar-refractivity contribution in [3.63, 3.8) is 0 Å². The van der Waals surface area contributed by atoms with E-state index in [0.29, 0.717) is 44.3 Å². The molecule has 3 N–H and O–H groups in total. The summed E-state index contributed by atoms with van der Waals surface area (Å²) in [5, 5.41) is 6.96. The molecule has 0 spiro atoms.